The zero-order valence-corrected chi connectivity index (χ0v) is 4.05. The van der Waals surface area contributed by atoms with Crippen molar-refractivity contribution in [1.29, 1.82) is 0 Å². The Morgan fingerprint density at radius 3 is 2.57 bits per heavy atom. The van der Waals surface area contributed by atoms with Crippen molar-refractivity contribution in [2.75, 3.05) is 0 Å². The molecule has 1 aliphatic rings. The number of hydrogen-bond donors (Lipinski definition) is 0. The summed E-state index contributed by atoms with van der Waals surface area (Å²) in [6.45, 7) is 1.86. The van der Waals surface area contributed by atoms with Crippen LogP contribution in [-0.4, -0.2) is 12.1 Å². The second-order valence-corrected chi connectivity index (χ2v) is 1.38. The minimum absolute atomic E-state index is 0.113. The number of rotatable bonds is 1. The standard InChI is InChI=1S/C5H6O2/c1-2-3-4-5(6)7-4/h2-4H,1H3. The molecule has 0 aliphatic carbocycles. The van der Waals surface area contributed by atoms with Gasteiger partial charge in [-0.15, -0.1) is 0 Å². The quantitative estimate of drug-likeness (QED) is 0.353. The highest BCUT2D eigenvalue weighted by Gasteiger charge is 2.34. The molecular formula is C5H6O2. The van der Waals surface area contributed by atoms with Crippen LogP contribution in [0.2, 0.25) is 0 Å². The highest BCUT2D eigenvalue weighted by molar-refractivity contribution is 5.89. The number of hydrogen-bond acceptors (Lipinski definition) is 2. The number of epoxide rings is 1. The van der Waals surface area contributed by atoms with E-state index >= 15 is 0 Å². The highest BCUT2D eigenvalue weighted by atomic mass is 16.6. The molecule has 38 valence electrons. The Labute approximate surface area is 41.8 Å². The highest BCUT2D eigenvalue weighted by Crippen LogP contribution is 2.12. The first-order chi connectivity index (χ1) is 3.34. The molecule has 1 rings (SSSR count). The Hall–Kier alpha value is -0.790. The maximum atomic E-state index is 10.0. The van der Waals surface area contributed by atoms with E-state index in [9.17, 15) is 4.79 Å². The lowest BCUT2D eigenvalue weighted by Gasteiger charge is -1.62. The van der Waals surface area contributed by atoms with Crippen LogP contribution in [0.3, 0.4) is 0 Å². The maximum Gasteiger partial charge on any atom is 0.352 e. The molecule has 1 unspecified atom stereocenters. The fourth-order valence-corrected chi connectivity index (χ4v) is 0.384. The van der Waals surface area contributed by atoms with Crippen molar-refractivity contribution in [1.82, 2.24) is 0 Å². The molecular weight excluding hydrogens is 92.1 g/mol. The summed E-state index contributed by atoms with van der Waals surface area (Å²) in [4.78, 5) is 10.0. The molecule has 0 aromatic heterocycles. The van der Waals surface area contributed by atoms with Crippen molar-refractivity contribution in [2.24, 2.45) is 0 Å². The molecule has 2 nitrogen and oxygen atoms in total. The summed E-state index contributed by atoms with van der Waals surface area (Å²) in [6, 6.07) is 0. The van der Waals surface area contributed by atoms with E-state index in [4.69, 9.17) is 0 Å². The van der Waals surface area contributed by atoms with Gasteiger partial charge in [-0.1, -0.05) is 6.08 Å². The molecule has 0 bridgehead atoms. The van der Waals surface area contributed by atoms with E-state index in [-0.39, 0.29) is 12.1 Å². The Bertz CT molecular complexity index is 115. The van der Waals surface area contributed by atoms with Crippen LogP contribution < -0.4 is 0 Å². The van der Waals surface area contributed by atoms with Gasteiger partial charge < -0.3 is 4.74 Å². The average molecular weight is 98.1 g/mol. The molecule has 1 heterocycles. The number of carbonyl (C=O) groups is 1. The van der Waals surface area contributed by atoms with E-state index in [2.05, 4.69) is 4.74 Å². The van der Waals surface area contributed by atoms with Gasteiger partial charge >= 0.3 is 5.97 Å². The Kier molecular flexibility index (Phi) is 0.855. The smallest absolute Gasteiger partial charge is 0.352 e. The first-order valence-electron chi connectivity index (χ1n) is 2.18. The molecule has 1 saturated heterocycles. The molecule has 1 atom stereocenters. The molecule has 0 N–H and O–H groups in total. The van der Waals surface area contributed by atoms with Gasteiger partial charge in [-0.3, -0.25) is 0 Å². The summed E-state index contributed by atoms with van der Waals surface area (Å²) >= 11 is 0. The number of ether oxygens (including phenoxy) is 1. The van der Waals surface area contributed by atoms with Crippen LogP contribution in [0, 0.1) is 0 Å². The Balaban J connectivity index is 2.34. The predicted octanol–water partition coefficient (Wildman–Crippen LogP) is 0.488. The molecule has 0 saturated carbocycles. The summed E-state index contributed by atoms with van der Waals surface area (Å²) in [5.74, 6) is -0.113. The van der Waals surface area contributed by atoms with Crippen molar-refractivity contribution >= 4 is 5.97 Å². The van der Waals surface area contributed by atoms with Gasteiger partial charge in [0.1, 0.15) is 0 Å². The van der Waals surface area contributed by atoms with Gasteiger partial charge in [0.05, 0.1) is 0 Å². The van der Waals surface area contributed by atoms with Gasteiger partial charge in [-0.2, -0.15) is 0 Å². The molecule has 0 aromatic rings. The van der Waals surface area contributed by atoms with Crippen molar-refractivity contribution in [3.05, 3.63) is 12.2 Å². The molecule has 0 spiro atoms. The van der Waals surface area contributed by atoms with E-state index in [0.29, 0.717) is 0 Å². The topological polar surface area (TPSA) is 29.6 Å². The third-order valence-corrected chi connectivity index (χ3v) is 0.785. The number of allylic oxidation sites excluding steroid dienone is 1. The second-order valence-electron chi connectivity index (χ2n) is 1.38. The van der Waals surface area contributed by atoms with Crippen LogP contribution in [0.25, 0.3) is 0 Å². The van der Waals surface area contributed by atoms with Gasteiger partial charge in [0.2, 0.25) is 6.10 Å². The Morgan fingerprint density at radius 2 is 2.43 bits per heavy atom. The molecule has 0 amide bonds. The molecule has 7 heavy (non-hydrogen) atoms. The van der Waals surface area contributed by atoms with Crippen LogP contribution in [0.5, 0.6) is 0 Å². The Morgan fingerprint density at radius 1 is 1.86 bits per heavy atom. The first-order valence-corrected chi connectivity index (χ1v) is 2.18. The lowest BCUT2D eigenvalue weighted by atomic mass is 10.4. The van der Waals surface area contributed by atoms with Crippen LogP contribution >= 0.6 is 0 Å². The zero-order valence-electron chi connectivity index (χ0n) is 4.05. The minimum Gasteiger partial charge on any atom is -0.443 e. The minimum atomic E-state index is -0.204. The summed E-state index contributed by atoms with van der Waals surface area (Å²) in [5, 5.41) is 0. The van der Waals surface area contributed by atoms with Gasteiger partial charge in [0, 0.05) is 0 Å². The molecule has 1 fully saturated rings. The van der Waals surface area contributed by atoms with E-state index < -0.39 is 0 Å². The van der Waals surface area contributed by atoms with E-state index in [1.54, 1.807) is 12.2 Å². The largest absolute Gasteiger partial charge is 0.443 e. The number of cyclic esters (lactones) is 1. The third kappa shape index (κ3) is 0.796. The molecule has 1 aliphatic heterocycles. The van der Waals surface area contributed by atoms with Crippen molar-refractivity contribution < 1.29 is 9.53 Å². The van der Waals surface area contributed by atoms with Gasteiger partial charge in [-0.25, -0.2) is 4.79 Å². The summed E-state index contributed by atoms with van der Waals surface area (Å²) < 4.78 is 4.43. The second kappa shape index (κ2) is 1.37. The fraction of sp³-hybridized carbons (Fsp3) is 0.400. The molecule has 2 heteroatoms. The lowest BCUT2D eigenvalue weighted by Crippen LogP contribution is -1.74. The van der Waals surface area contributed by atoms with Crippen molar-refractivity contribution in [2.45, 2.75) is 13.0 Å². The molecule has 0 radical (unpaired) electrons. The lowest BCUT2D eigenvalue weighted by molar-refractivity contribution is -0.117. The van der Waals surface area contributed by atoms with Gasteiger partial charge in [0.15, 0.2) is 0 Å². The number of carbonyl (C=O) groups excluding carboxylic acids is 1. The summed E-state index contributed by atoms with van der Waals surface area (Å²) in [6.07, 6.45) is 3.32. The van der Waals surface area contributed by atoms with E-state index in [0.717, 1.165) is 0 Å². The van der Waals surface area contributed by atoms with Gasteiger partial charge in [0.25, 0.3) is 0 Å². The predicted molar refractivity (Wildman–Crippen MR) is 24.7 cm³/mol. The van der Waals surface area contributed by atoms with Gasteiger partial charge in [-0.05, 0) is 13.0 Å². The summed E-state index contributed by atoms with van der Waals surface area (Å²) in [7, 11) is 0. The van der Waals surface area contributed by atoms with Crippen molar-refractivity contribution in [3.8, 4) is 0 Å². The average Bonchev–Trinajstić information content (AvgIpc) is 2.22. The SMILES string of the molecule is CC=CC1OC1=O. The van der Waals surface area contributed by atoms with E-state index in [1.807, 2.05) is 6.92 Å². The fourth-order valence-electron chi connectivity index (χ4n) is 0.384. The molecule has 0 aromatic carbocycles. The normalized spacial score (nSPS) is 28.1. The summed E-state index contributed by atoms with van der Waals surface area (Å²) in [5.41, 5.74) is 0. The van der Waals surface area contributed by atoms with Crippen molar-refractivity contribution in [3.63, 3.8) is 0 Å². The zero-order chi connectivity index (χ0) is 5.28. The third-order valence-electron chi connectivity index (χ3n) is 0.785. The van der Waals surface area contributed by atoms with Crippen LogP contribution in [0.1, 0.15) is 6.92 Å². The van der Waals surface area contributed by atoms with Crippen LogP contribution in [0.4, 0.5) is 0 Å². The monoisotopic (exact) mass is 98.0 g/mol. The van der Waals surface area contributed by atoms with Crippen LogP contribution in [0.15, 0.2) is 12.2 Å². The van der Waals surface area contributed by atoms with E-state index in [1.165, 1.54) is 0 Å². The first kappa shape index (κ1) is 4.37. The van der Waals surface area contributed by atoms with Crippen LogP contribution in [-0.2, 0) is 9.53 Å². The maximum absolute atomic E-state index is 10.0.